The van der Waals surface area contributed by atoms with E-state index >= 15 is 0 Å². The maximum Gasteiger partial charge on any atom is 0.339 e. The van der Waals surface area contributed by atoms with E-state index in [0.717, 1.165) is 25.7 Å². The van der Waals surface area contributed by atoms with Gasteiger partial charge in [-0.05, 0) is 43.4 Å². The van der Waals surface area contributed by atoms with Gasteiger partial charge in [0, 0.05) is 0 Å². The van der Waals surface area contributed by atoms with Crippen molar-refractivity contribution in [2.24, 2.45) is 0 Å². The monoisotopic (exact) mass is 314 g/mol. The number of aliphatic hydroxyl groups excluding tert-OH is 1. The first kappa shape index (κ1) is 15.9. The Morgan fingerprint density at radius 1 is 1.33 bits per heavy atom. The van der Waals surface area contributed by atoms with Crippen molar-refractivity contribution in [2.75, 3.05) is 14.2 Å². The van der Waals surface area contributed by atoms with Crippen LogP contribution in [0.5, 0.6) is 11.5 Å². The van der Waals surface area contributed by atoms with Gasteiger partial charge in [-0.1, -0.05) is 11.6 Å². The average Bonchev–Trinajstić information content (AvgIpc) is 3.00. The summed E-state index contributed by atoms with van der Waals surface area (Å²) in [6.45, 7) is 0. The van der Waals surface area contributed by atoms with Crippen LogP contribution in [-0.2, 0) is 9.53 Å². The molecule has 0 radical (unpaired) electrons. The van der Waals surface area contributed by atoms with E-state index in [9.17, 15) is 9.90 Å². The molecule has 1 unspecified atom stereocenters. The van der Waals surface area contributed by atoms with Crippen LogP contribution < -0.4 is 9.47 Å². The molecule has 1 fully saturated rings. The second-order valence-electron chi connectivity index (χ2n) is 4.98. The van der Waals surface area contributed by atoms with E-state index in [1.807, 2.05) is 0 Å². The predicted octanol–water partition coefficient (Wildman–Crippen LogP) is 2.88. The zero-order valence-electron chi connectivity index (χ0n) is 12.1. The first-order chi connectivity index (χ1) is 10.1. The van der Waals surface area contributed by atoms with Gasteiger partial charge in [0.1, 0.15) is 0 Å². The van der Waals surface area contributed by atoms with Gasteiger partial charge in [0.05, 0.1) is 25.3 Å². The van der Waals surface area contributed by atoms with Crippen molar-refractivity contribution in [3.63, 3.8) is 0 Å². The number of esters is 1. The van der Waals surface area contributed by atoms with Gasteiger partial charge in [0.25, 0.3) is 0 Å². The molecular formula is C15H19ClO5. The van der Waals surface area contributed by atoms with Crippen molar-refractivity contribution in [3.8, 4) is 11.5 Å². The van der Waals surface area contributed by atoms with E-state index in [2.05, 4.69) is 4.74 Å². The Kier molecular flexibility index (Phi) is 5.31. The summed E-state index contributed by atoms with van der Waals surface area (Å²) in [5, 5.41) is 10.2. The summed E-state index contributed by atoms with van der Waals surface area (Å²) >= 11 is 6.22. The van der Waals surface area contributed by atoms with E-state index < -0.39 is 12.1 Å². The van der Waals surface area contributed by atoms with Crippen LogP contribution >= 0.6 is 11.6 Å². The fraction of sp³-hybridized carbons (Fsp3) is 0.533. The van der Waals surface area contributed by atoms with Crippen LogP contribution in [0.2, 0.25) is 5.02 Å². The minimum atomic E-state index is -1.40. The van der Waals surface area contributed by atoms with Crippen LogP contribution in [0.15, 0.2) is 12.1 Å². The van der Waals surface area contributed by atoms with E-state index in [4.69, 9.17) is 21.1 Å². The number of rotatable bonds is 5. The normalized spacial score (nSPS) is 16.6. The van der Waals surface area contributed by atoms with Gasteiger partial charge in [0.15, 0.2) is 17.6 Å². The third kappa shape index (κ3) is 3.60. The topological polar surface area (TPSA) is 65.0 Å². The Hall–Kier alpha value is -1.46. The van der Waals surface area contributed by atoms with Crippen molar-refractivity contribution < 1.29 is 24.1 Å². The summed E-state index contributed by atoms with van der Waals surface area (Å²) in [5.41, 5.74) is 0.308. The Labute approximate surface area is 128 Å². The van der Waals surface area contributed by atoms with Gasteiger partial charge in [-0.15, -0.1) is 0 Å². The summed E-state index contributed by atoms with van der Waals surface area (Å²) in [6, 6.07) is 3.04. The average molecular weight is 315 g/mol. The largest absolute Gasteiger partial charge is 0.493 e. The summed E-state index contributed by atoms with van der Waals surface area (Å²) < 4.78 is 15.7. The molecule has 1 atom stereocenters. The van der Waals surface area contributed by atoms with Gasteiger partial charge >= 0.3 is 5.97 Å². The summed E-state index contributed by atoms with van der Waals surface area (Å²) in [4.78, 5) is 11.4. The molecule has 1 aliphatic carbocycles. The molecule has 0 amide bonds. The molecule has 0 heterocycles. The second-order valence-corrected chi connectivity index (χ2v) is 5.39. The molecule has 2 rings (SSSR count). The molecule has 1 saturated carbocycles. The quantitative estimate of drug-likeness (QED) is 0.847. The maximum atomic E-state index is 11.4. The number of methoxy groups -OCH3 is 2. The Morgan fingerprint density at radius 3 is 2.57 bits per heavy atom. The smallest absolute Gasteiger partial charge is 0.339 e. The number of aliphatic hydroxyl groups is 1. The lowest BCUT2D eigenvalue weighted by molar-refractivity contribution is -0.150. The van der Waals surface area contributed by atoms with Crippen molar-refractivity contribution in [1.29, 1.82) is 0 Å². The van der Waals surface area contributed by atoms with Gasteiger partial charge in [0.2, 0.25) is 0 Å². The number of hydrogen-bond donors (Lipinski definition) is 1. The molecule has 0 aliphatic heterocycles. The fourth-order valence-corrected chi connectivity index (χ4v) is 2.70. The first-order valence-corrected chi connectivity index (χ1v) is 7.24. The molecule has 21 heavy (non-hydrogen) atoms. The highest BCUT2D eigenvalue weighted by atomic mass is 35.5. The third-order valence-electron chi connectivity index (χ3n) is 3.58. The second kappa shape index (κ2) is 7.00. The summed E-state index contributed by atoms with van der Waals surface area (Å²) in [5.74, 6) is 0.0943. The van der Waals surface area contributed by atoms with E-state index in [1.165, 1.54) is 26.4 Å². The molecule has 1 aromatic rings. The lowest BCUT2D eigenvalue weighted by Gasteiger charge is -2.19. The highest BCUT2D eigenvalue weighted by Crippen LogP contribution is 2.40. The zero-order valence-corrected chi connectivity index (χ0v) is 12.9. The Balaban J connectivity index is 2.28. The number of carbonyl (C=O) groups is 1. The molecule has 0 bridgehead atoms. The van der Waals surface area contributed by atoms with Crippen LogP contribution in [0, 0.1) is 0 Å². The van der Waals surface area contributed by atoms with Gasteiger partial charge in [-0.3, -0.25) is 0 Å². The Morgan fingerprint density at radius 2 is 2.00 bits per heavy atom. The number of halogens is 1. The van der Waals surface area contributed by atoms with Crippen LogP contribution in [0.1, 0.15) is 37.4 Å². The minimum absolute atomic E-state index is 0.132. The number of benzene rings is 1. The molecule has 0 aromatic heterocycles. The van der Waals surface area contributed by atoms with E-state index in [0.29, 0.717) is 22.1 Å². The minimum Gasteiger partial charge on any atom is -0.493 e. The van der Waals surface area contributed by atoms with Crippen molar-refractivity contribution >= 4 is 17.6 Å². The molecule has 1 aromatic carbocycles. The van der Waals surface area contributed by atoms with Crippen molar-refractivity contribution in [1.82, 2.24) is 0 Å². The molecule has 0 saturated heterocycles. The number of hydrogen-bond acceptors (Lipinski definition) is 5. The highest BCUT2D eigenvalue weighted by molar-refractivity contribution is 6.32. The molecule has 6 heteroatoms. The Bertz CT molecular complexity index is 511. The van der Waals surface area contributed by atoms with E-state index in [1.54, 1.807) is 0 Å². The number of ether oxygens (including phenoxy) is 3. The summed E-state index contributed by atoms with van der Waals surface area (Å²) in [6.07, 6.45) is 3.00. The van der Waals surface area contributed by atoms with Gasteiger partial charge in [-0.2, -0.15) is 0 Å². The third-order valence-corrected chi connectivity index (χ3v) is 3.86. The van der Waals surface area contributed by atoms with Crippen molar-refractivity contribution in [3.05, 3.63) is 22.7 Å². The van der Waals surface area contributed by atoms with Crippen LogP contribution in [0.3, 0.4) is 0 Å². The van der Waals surface area contributed by atoms with Crippen molar-refractivity contribution in [2.45, 2.75) is 37.9 Å². The van der Waals surface area contributed by atoms with E-state index in [-0.39, 0.29) is 6.10 Å². The molecule has 116 valence electrons. The molecule has 0 spiro atoms. The summed E-state index contributed by atoms with van der Waals surface area (Å²) in [7, 11) is 2.70. The maximum absolute atomic E-state index is 11.4. The molecular weight excluding hydrogens is 296 g/mol. The fourth-order valence-electron chi connectivity index (χ4n) is 2.43. The van der Waals surface area contributed by atoms with Gasteiger partial charge < -0.3 is 19.3 Å². The molecule has 1 aliphatic rings. The van der Waals surface area contributed by atoms with Gasteiger partial charge in [-0.25, -0.2) is 4.79 Å². The van der Waals surface area contributed by atoms with Crippen LogP contribution in [0.25, 0.3) is 0 Å². The highest BCUT2D eigenvalue weighted by Gasteiger charge is 2.24. The molecule has 5 nitrogen and oxygen atoms in total. The molecule has 1 N–H and O–H groups in total. The zero-order chi connectivity index (χ0) is 15.4. The SMILES string of the molecule is COC(=O)C(O)c1cc(Cl)c(OC2CCCC2)c(OC)c1. The predicted molar refractivity (Wildman–Crippen MR) is 77.9 cm³/mol. The van der Waals surface area contributed by atoms with Crippen LogP contribution in [-0.4, -0.2) is 31.4 Å². The number of carbonyl (C=O) groups excluding carboxylic acids is 1. The lowest BCUT2D eigenvalue weighted by atomic mass is 10.1. The van der Waals surface area contributed by atoms with Crippen LogP contribution in [0.4, 0.5) is 0 Å². The lowest BCUT2D eigenvalue weighted by Crippen LogP contribution is -2.15. The standard InChI is InChI=1S/C15H19ClO5/c1-19-12-8-9(13(17)15(18)20-2)7-11(16)14(12)21-10-5-3-4-6-10/h7-8,10,13,17H,3-6H2,1-2H3. The first-order valence-electron chi connectivity index (χ1n) is 6.86.